The van der Waals surface area contributed by atoms with E-state index in [-0.39, 0.29) is 6.61 Å². The zero-order chi connectivity index (χ0) is 15.4. The van der Waals surface area contributed by atoms with Crippen molar-refractivity contribution in [2.24, 2.45) is 0 Å². The minimum atomic E-state index is -0.504. The van der Waals surface area contributed by atoms with E-state index in [9.17, 15) is 4.39 Å². The Hall–Kier alpha value is -2.49. The highest BCUT2D eigenvalue weighted by Gasteiger charge is 2.04. The van der Waals surface area contributed by atoms with Crippen LogP contribution in [0.2, 0.25) is 0 Å². The molecule has 0 aliphatic rings. The Kier molecular flexibility index (Phi) is 4.28. The standard InChI is InChI=1S/C18H17FN2O/c1-2-13-3-5-14(6-4-13)18-12-20-17-11-15(22-10-9-19)7-8-16(17)21-18/h3-8,11-12H,2,9-10H2,1H3/i19-1. The summed E-state index contributed by atoms with van der Waals surface area (Å²) in [5.74, 6) is 0.611. The lowest BCUT2D eigenvalue weighted by molar-refractivity contribution is 0.273. The fourth-order valence-electron chi connectivity index (χ4n) is 2.29. The van der Waals surface area contributed by atoms with Crippen LogP contribution in [0.1, 0.15) is 12.5 Å². The lowest BCUT2D eigenvalue weighted by Gasteiger charge is -2.06. The number of ether oxygens (including phenoxy) is 1. The molecule has 0 aliphatic heterocycles. The number of fused-ring (bicyclic) bond motifs is 1. The normalized spacial score (nSPS) is 10.8. The molecule has 0 bridgehead atoms. The van der Waals surface area contributed by atoms with Crippen LogP contribution in [0.3, 0.4) is 0 Å². The first-order valence-corrected chi connectivity index (χ1v) is 7.35. The molecule has 2 aromatic carbocycles. The molecule has 0 N–H and O–H groups in total. The third-order valence-electron chi connectivity index (χ3n) is 3.52. The van der Waals surface area contributed by atoms with Crippen molar-refractivity contribution in [2.75, 3.05) is 13.3 Å². The van der Waals surface area contributed by atoms with Crippen LogP contribution >= 0.6 is 0 Å². The van der Waals surface area contributed by atoms with E-state index in [1.807, 2.05) is 6.07 Å². The Morgan fingerprint density at radius 3 is 2.59 bits per heavy atom. The third kappa shape index (κ3) is 3.06. The van der Waals surface area contributed by atoms with Crippen molar-refractivity contribution in [1.29, 1.82) is 0 Å². The van der Waals surface area contributed by atoms with Gasteiger partial charge in [0.2, 0.25) is 0 Å². The maximum Gasteiger partial charge on any atom is 0.123 e. The molecule has 0 spiro atoms. The SMILES string of the molecule is CCc1ccc(-c2cnc3cc(OCC[18F])ccc3n2)cc1. The van der Waals surface area contributed by atoms with Gasteiger partial charge >= 0.3 is 0 Å². The average molecular weight is 295 g/mol. The van der Waals surface area contributed by atoms with E-state index in [1.54, 1.807) is 18.3 Å². The van der Waals surface area contributed by atoms with Gasteiger partial charge in [0.05, 0.1) is 22.9 Å². The number of rotatable bonds is 5. The highest BCUT2D eigenvalue weighted by Crippen LogP contribution is 2.22. The molecular weight excluding hydrogens is 278 g/mol. The molecule has 4 heteroatoms. The van der Waals surface area contributed by atoms with Gasteiger partial charge in [0.15, 0.2) is 0 Å². The summed E-state index contributed by atoms with van der Waals surface area (Å²) in [6.45, 7) is 1.69. The van der Waals surface area contributed by atoms with Crippen LogP contribution in [0.4, 0.5) is 4.39 Å². The molecule has 0 saturated heterocycles. The van der Waals surface area contributed by atoms with Gasteiger partial charge in [-0.2, -0.15) is 0 Å². The summed E-state index contributed by atoms with van der Waals surface area (Å²) in [5.41, 5.74) is 4.72. The highest BCUT2D eigenvalue weighted by atomic mass is 18.2. The third-order valence-corrected chi connectivity index (χ3v) is 3.52. The maximum atomic E-state index is 12.1. The molecule has 0 saturated carbocycles. The number of hydrogen-bond donors (Lipinski definition) is 0. The Bertz CT molecular complexity index is 772. The predicted octanol–water partition coefficient (Wildman–Crippen LogP) is 4.21. The molecule has 3 aromatic rings. The van der Waals surface area contributed by atoms with Crippen molar-refractivity contribution in [3.05, 3.63) is 54.2 Å². The first-order chi connectivity index (χ1) is 10.8. The molecule has 112 valence electrons. The van der Waals surface area contributed by atoms with E-state index < -0.39 is 6.67 Å². The molecule has 0 atom stereocenters. The number of nitrogens with zero attached hydrogens (tertiary/aromatic N) is 2. The number of aryl methyl sites for hydroxylation is 1. The Morgan fingerprint density at radius 1 is 1.05 bits per heavy atom. The summed E-state index contributed by atoms with van der Waals surface area (Å²) in [4.78, 5) is 9.06. The predicted molar refractivity (Wildman–Crippen MR) is 85.8 cm³/mol. The van der Waals surface area contributed by atoms with Gasteiger partial charge in [0.1, 0.15) is 19.0 Å². The number of alkyl halides is 1. The summed E-state index contributed by atoms with van der Waals surface area (Å²) in [7, 11) is 0. The van der Waals surface area contributed by atoms with Gasteiger partial charge in [-0.05, 0) is 24.1 Å². The molecule has 22 heavy (non-hydrogen) atoms. The van der Waals surface area contributed by atoms with Crippen LogP contribution in [0.25, 0.3) is 22.3 Å². The summed E-state index contributed by atoms with van der Waals surface area (Å²) in [6, 6.07) is 13.8. The molecule has 1 heterocycles. The molecule has 3 rings (SSSR count). The fourth-order valence-corrected chi connectivity index (χ4v) is 2.29. The minimum absolute atomic E-state index is 0.0563. The van der Waals surface area contributed by atoms with Gasteiger partial charge < -0.3 is 4.74 Å². The molecule has 0 unspecified atom stereocenters. The Labute approximate surface area is 128 Å². The van der Waals surface area contributed by atoms with Crippen molar-refractivity contribution >= 4 is 11.0 Å². The zero-order valence-corrected chi connectivity index (χ0v) is 12.4. The van der Waals surface area contributed by atoms with Crippen LogP contribution < -0.4 is 4.74 Å². The van der Waals surface area contributed by atoms with E-state index in [2.05, 4.69) is 41.2 Å². The summed E-state index contributed by atoms with van der Waals surface area (Å²) in [5, 5.41) is 0. The van der Waals surface area contributed by atoms with E-state index in [1.165, 1.54) is 5.56 Å². The summed E-state index contributed by atoms with van der Waals surface area (Å²) < 4.78 is 17.4. The van der Waals surface area contributed by atoms with Crippen molar-refractivity contribution < 1.29 is 9.13 Å². The van der Waals surface area contributed by atoms with Crippen molar-refractivity contribution in [1.82, 2.24) is 9.97 Å². The fraction of sp³-hybridized carbons (Fsp3) is 0.222. The van der Waals surface area contributed by atoms with Gasteiger partial charge in [0, 0.05) is 11.6 Å². The lowest BCUT2D eigenvalue weighted by Crippen LogP contribution is -1.98. The maximum absolute atomic E-state index is 12.1. The summed E-state index contributed by atoms with van der Waals surface area (Å²) in [6.07, 6.45) is 2.77. The van der Waals surface area contributed by atoms with E-state index >= 15 is 0 Å². The minimum Gasteiger partial charge on any atom is -0.491 e. The van der Waals surface area contributed by atoms with E-state index in [0.717, 1.165) is 28.7 Å². The second-order valence-electron chi connectivity index (χ2n) is 4.99. The van der Waals surface area contributed by atoms with Crippen LogP contribution in [0, 0.1) is 0 Å². The van der Waals surface area contributed by atoms with Gasteiger partial charge in [-0.25, -0.2) is 9.37 Å². The lowest BCUT2D eigenvalue weighted by atomic mass is 10.1. The average Bonchev–Trinajstić information content (AvgIpc) is 2.59. The van der Waals surface area contributed by atoms with Gasteiger partial charge in [-0.1, -0.05) is 31.2 Å². The highest BCUT2D eigenvalue weighted by molar-refractivity contribution is 5.78. The largest absolute Gasteiger partial charge is 0.491 e. The Balaban J connectivity index is 1.91. The van der Waals surface area contributed by atoms with Gasteiger partial charge in [-0.3, -0.25) is 4.98 Å². The first kappa shape index (κ1) is 14.4. The molecule has 0 fully saturated rings. The molecule has 1 aromatic heterocycles. The number of benzene rings is 2. The number of aromatic nitrogens is 2. The van der Waals surface area contributed by atoms with Crippen LogP contribution in [0.15, 0.2) is 48.7 Å². The molecule has 3 nitrogen and oxygen atoms in total. The molecule has 0 radical (unpaired) electrons. The van der Waals surface area contributed by atoms with Crippen molar-refractivity contribution in [2.45, 2.75) is 13.3 Å². The van der Waals surface area contributed by atoms with E-state index in [4.69, 9.17) is 4.74 Å². The molecule has 0 aliphatic carbocycles. The van der Waals surface area contributed by atoms with Crippen molar-refractivity contribution in [3.8, 4) is 17.0 Å². The van der Waals surface area contributed by atoms with Crippen molar-refractivity contribution in [3.63, 3.8) is 0 Å². The topological polar surface area (TPSA) is 35.0 Å². The number of hydrogen-bond acceptors (Lipinski definition) is 3. The van der Waals surface area contributed by atoms with Gasteiger partial charge in [0.25, 0.3) is 0 Å². The smallest absolute Gasteiger partial charge is 0.123 e. The molecular formula is C18H17FN2O. The van der Waals surface area contributed by atoms with Gasteiger partial charge in [-0.15, -0.1) is 0 Å². The van der Waals surface area contributed by atoms with Crippen LogP contribution in [-0.4, -0.2) is 23.2 Å². The second kappa shape index (κ2) is 6.52. The number of halogens is 1. The second-order valence-corrected chi connectivity index (χ2v) is 4.99. The zero-order valence-electron chi connectivity index (χ0n) is 12.4. The quantitative estimate of drug-likeness (QED) is 0.707. The Morgan fingerprint density at radius 2 is 1.86 bits per heavy atom. The van der Waals surface area contributed by atoms with Crippen LogP contribution in [0.5, 0.6) is 5.75 Å². The van der Waals surface area contributed by atoms with E-state index in [0.29, 0.717) is 5.75 Å². The van der Waals surface area contributed by atoms with Crippen LogP contribution in [-0.2, 0) is 6.42 Å². The first-order valence-electron chi connectivity index (χ1n) is 7.35. The summed E-state index contributed by atoms with van der Waals surface area (Å²) >= 11 is 0. The monoisotopic (exact) mass is 295 g/mol. The molecule has 0 amide bonds.